The smallest absolute Gasteiger partial charge is 0.263 e. The Morgan fingerprint density at radius 2 is 1.00 bits per heavy atom. The lowest BCUT2D eigenvalue weighted by Crippen LogP contribution is -2.38. The summed E-state index contributed by atoms with van der Waals surface area (Å²) in [6.07, 6.45) is 14.2. The minimum absolute atomic E-state index is 0.178. The zero-order valence-electron chi connectivity index (χ0n) is 24.8. The van der Waals surface area contributed by atoms with Crippen LogP contribution in [0.5, 0.6) is 0 Å². The summed E-state index contributed by atoms with van der Waals surface area (Å²) in [6, 6.07) is -0.178. The molecule has 1 atom stereocenters. The molecule has 0 bridgehead atoms. The van der Waals surface area contributed by atoms with Gasteiger partial charge in [0.05, 0.1) is 32.0 Å². The van der Waals surface area contributed by atoms with Crippen molar-refractivity contribution in [1.82, 2.24) is 9.80 Å². The van der Waals surface area contributed by atoms with E-state index in [1.165, 1.54) is 77.4 Å². The van der Waals surface area contributed by atoms with Crippen molar-refractivity contribution in [3.05, 3.63) is 32.0 Å². The van der Waals surface area contributed by atoms with E-state index in [1.54, 1.807) is 0 Å². The monoisotopic (exact) mass is 584 g/mol. The first-order valence-electron chi connectivity index (χ1n) is 15.3. The van der Waals surface area contributed by atoms with Crippen LogP contribution in [0, 0.1) is 13.8 Å². The second-order valence-electron chi connectivity index (χ2n) is 11.4. The summed E-state index contributed by atoms with van der Waals surface area (Å²) in [5.41, 5.74) is 1.78. The normalized spacial score (nSPS) is 15.5. The van der Waals surface area contributed by atoms with E-state index in [9.17, 15) is 19.2 Å². The molecule has 0 saturated heterocycles. The van der Waals surface area contributed by atoms with Crippen LogP contribution in [0.3, 0.4) is 0 Å². The van der Waals surface area contributed by atoms with E-state index < -0.39 is 0 Å². The van der Waals surface area contributed by atoms with Gasteiger partial charge >= 0.3 is 0 Å². The molecule has 8 heteroatoms. The molecule has 2 aliphatic rings. The van der Waals surface area contributed by atoms with Gasteiger partial charge in [0.1, 0.15) is 0 Å². The van der Waals surface area contributed by atoms with Crippen molar-refractivity contribution in [2.45, 2.75) is 124 Å². The Balaban J connectivity index is 1.53. The number of carbonyl (C=O) groups is 4. The predicted molar refractivity (Wildman–Crippen MR) is 164 cm³/mol. The molecule has 4 heterocycles. The van der Waals surface area contributed by atoms with Crippen LogP contribution < -0.4 is 0 Å². The van der Waals surface area contributed by atoms with Gasteiger partial charge in [0.25, 0.3) is 23.6 Å². The van der Waals surface area contributed by atoms with Gasteiger partial charge in [-0.1, -0.05) is 84.5 Å². The second-order valence-corrected chi connectivity index (χ2v) is 13.8. The van der Waals surface area contributed by atoms with E-state index >= 15 is 0 Å². The third kappa shape index (κ3) is 5.85. The Hall–Kier alpha value is -2.32. The molecule has 40 heavy (non-hydrogen) atoms. The van der Waals surface area contributed by atoms with Crippen molar-refractivity contribution >= 4 is 46.3 Å². The molecular formula is C32H44N2O4S2. The van der Waals surface area contributed by atoms with Gasteiger partial charge < -0.3 is 0 Å². The molecule has 4 amide bonds. The summed E-state index contributed by atoms with van der Waals surface area (Å²) in [6.45, 7) is 10.5. The molecule has 2 aromatic heterocycles. The van der Waals surface area contributed by atoms with Crippen molar-refractivity contribution in [1.29, 1.82) is 0 Å². The first-order chi connectivity index (χ1) is 19.2. The summed E-state index contributed by atoms with van der Waals surface area (Å²) in [4.78, 5) is 59.8. The second kappa shape index (κ2) is 13.6. The summed E-state index contributed by atoms with van der Waals surface area (Å²) in [5, 5.41) is 0. The van der Waals surface area contributed by atoms with Crippen molar-refractivity contribution in [2.75, 3.05) is 6.54 Å². The highest BCUT2D eigenvalue weighted by Gasteiger charge is 2.46. The Labute approximate surface area is 247 Å². The third-order valence-corrected chi connectivity index (χ3v) is 10.7. The van der Waals surface area contributed by atoms with Crippen molar-refractivity contribution < 1.29 is 19.2 Å². The topological polar surface area (TPSA) is 74.8 Å². The summed E-state index contributed by atoms with van der Waals surface area (Å²) in [5.74, 6) is -0.985. The van der Waals surface area contributed by atoms with Gasteiger partial charge in [-0.15, -0.1) is 22.7 Å². The molecule has 4 rings (SSSR count). The maximum Gasteiger partial charge on any atom is 0.263 e. The van der Waals surface area contributed by atoms with Gasteiger partial charge in [0.2, 0.25) is 0 Å². The quantitative estimate of drug-likeness (QED) is 0.146. The third-order valence-electron chi connectivity index (χ3n) is 8.31. The highest BCUT2D eigenvalue weighted by molar-refractivity contribution is 7.23. The molecule has 6 nitrogen and oxygen atoms in total. The Bertz CT molecular complexity index is 1270. The number of aryl methyl sites for hydroxylation is 2. The molecule has 0 fully saturated rings. The van der Waals surface area contributed by atoms with Crippen LogP contribution in [-0.2, 0) is 0 Å². The summed E-state index contributed by atoms with van der Waals surface area (Å²) >= 11 is 2.79. The average Bonchev–Trinajstić information content (AvgIpc) is 3.60. The molecule has 2 aliphatic heterocycles. The Morgan fingerprint density at radius 3 is 1.57 bits per heavy atom. The number of unbranched alkanes of at least 4 members (excludes halogenated alkanes) is 10. The number of thiophene rings is 2. The number of amides is 4. The number of hydrogen-bond donors (Lipinski definition) is 0. The maximum atomic E-state index is 13.8. The van der Waals surface area contributed by atoms with Crippen LogP contribution in [0.15, 0.2) is 0 Å². The fraction of sp³-hybridized carbons (Fsp3) is 0.625. The van der Waals surface area contributed by atoms with Crippen molar-refractivity contribution in [3.63, 3.8) is 0 Å². The number of carbonyl (C=O) groups excluding carboxylic acids is 4. The first kappa shape index (κ1) is 30.6. The molecule has 0 spiro atoms. The van der Waals surface area contributed by atoms with Crippen molar-refractivity contribution in [2.24, 2.45) is 0 Å². The predicted octanol–water partition coefficient (Wildman–Crippen LogP) is 8.79. The van der Waals surface area contributed by atoms with Gasteiger partial charge in [0, 0.05) is 22.3 Å². The molecule has 218 valence electrons. The van der Waals surface area contributed by atoms with E-state index in [0.717, 1.165) is 48.3 Å². The fourth-order valence-electron chi connectivity index (χ4n) is 6.03. The molecule has 2 aromatic rings. The van der Waals surface area contributed by atoms with Crippen LogP contribution in [0.4, 0.5) is 0 Å². The van der Waals surface area contributed by atoms with E-state index in [4.69, 9.17) is 0 Å². The van der Waals surface area contributed by atoms with Crippen molar-refractivity contribution in [3.8, 4) is 9.75 Å². The molecule has 0 aromatic carbocycles. The van der Waals surface area contributed by atoms with Gasteiger partial charge in [-0.25, -0.2) is 0 Å². The number of nitrogens with zero attached hydrogens (tertiary/aromatic N) is 2. The summed E-state index contributed by atoms with van der Waals surface area (Å²) in [7, 11) is 0. The zero-order chi connectivity index (χ0) is 29.0. The SMILES string of the molecule is CCCCCCCCC(C)N1C(=O)c2c(C)sc(-c3sc(C)c4c3C(=O)N(CCCCCCCC)C4=O)c2C1=O. The summed E-state index contributed by atoms with van der Waals surface area (Å²) < 4.78 is 0. The lowest BCUT2D eigenvalue weighted by Gasteiger charge is -2.23. The standard InChI is InChI=1S/C32H44N2O4S2/c1-6-8-10-12-14-16-18-20(3)34-31(37)24-22(5)40-28(26(24)32(34)38)27-25-23(21(4)39-27)29(35)33(30(25)36)19-17-15-13-11-9-7-2/h20H,6-19H2,1-5H3. The lowest BCUT2D eigenvalue weighted by molar-refractivity contribution is 0.0584. The van der Waals surface area contributed by atoms with E-state index in [1.807, 2.05) is 20.8 Å². The molecule has 0 radical (unpaired) electrons. The fourth-order valence-corrected chi connectivity index (χ4v) is 8.45. The van der Waals surface area contributed by atoms with Crippen LogP contribution in [0.2, 0.25) is 0 Å². The number of rotatable bonds is 16. The van der Waals surface area contributed by atoms with Gasteiger partial charge in [0.15, 0.2) is 0 Å². The average molecular weight is 585 g/mol. The minimum Gasteiger partial charge on any atom is -0.274 e. The minimum atomic E-state index is -0.266. The zero-order valence-corrected chi connectivity index (χ0v) is 26.5. The van der Waals surface area contributed by atoms with E-state index in [-0.39, 0.29) is 29.7 Å². The lowest BCUT2D eigenvalue weighted by atomic mass is 10.1. The number of fused-ring (bicyclic) bond motifs is 2. The Morgan fingerprint density at radius 1 is 0.575 bits per heavy atom. The van der Waals surface area contributed by atoms with Crippen LogP contribution in [0.1, 0.15) is 155 Å². The molecule has 0 saturated carbocycles. The van der Waals surface area contributed by atoms with Gasteiger partial charge in [-0.3, -0.25) is 29.0 Å². The number of imide groups is 2. The largest absolute Gasteiger partial charge is 0.274 e. The Kier molecular flexibility index (Phi) is 10.4. The molecule has 0 aliphatic carbocycles. The maximum absolute atomic E-state index is 13.8. The van der Waals surface area contributed by atoms with E-state index in [2.05, 4.69) is 13.8 Å². The van der Waals surface area contributed by atoms with Crippen LogP contribution in [0.25, 0.3) is 9.75 Å². The first-order valence-corrected chi connectivity index (χ1v) is 16.9. The molecular weight excluding hydrogens is 540 g/mol. The van der Waals surface area contributed by atoms with Crippen LogP contribution in [-0.4, -0.2) is 46.0 Å². The number of hydrogen-bond acceptors (Lipinski definition) is 6. The van der Waals surface area contributed by atoms with Crippen LogP contribution >= 0.6 is 22.7 Å². The van der Waals surface area contributed by atoms with Gasteiger partial charge in [-0.2, -0.15) is 0 Å². The highest BCUT2D eigenvalue weighted by Crippen LogP contribution is 2.49. The molecule has 1 unspecified atom stereocenters. The van der Waals surface area contributed by atoms with Gasteiger partial charge in [-0.05, 0) is 33.6 Å². The molecule has 0 N–H and O–H groups in total. The highest BCUT2D eigenvalue weighted by atomic mass is 32.1. The van der Waals surface area contributed by atoms with E-state index in [0.29, 0.717) is 38.6 Å².